The van der Waals surface area contributed by atoms with Gasteiger partial charge in [-0.3, -0.25) is 9.69 Å². The third-order valence-corrected chi connectivity index (χ3v) is 5.85. The number of thiazole rings is 1. The van der Waals surface area contributed by atoms with Crippen molar-refractivity contribution in [2.75, 3.05) is 46.3 Å². The van der Waals surface area contributed by atoms with Gasteiger partial charge >= 0.3 is 0 Å². The van der Waals surface area contributed by atoms with Crippen LogP contribution in [-0.2, 0) is 16.9 Å². The van der Waals surface area contributed by atoms with Gasteiger partial charge in [0, 0.05) is 51.6 Å². The third-order valence-electron chi connectivity index (χ3n) is 5.02. The van der Waals surface area contributed by atoms with Gasteiger partial charge in [-0.25, -0.2) is 4.98 Å². The van der Waals surface area contributed by atoms with Gasteiger partial charge in [0.1, 0.15) is 10.6 Å². The molecule has 7 heteroatoms. The Labute approximate surface area is 141 Å². The molecule has 2 fully saturated rings. The van der Waals surface area contributed by atoms with Gasteiger partial charge < -0.3 is 14.9 Å². The van der Waals surface area contributed by atoms with Crippen LogP contribution >= 0.6 is 11.3 Å². The van der Waals surface area contributed by atoms with Crippen LogP contribution in [0.1, 0.15) is 30.5 Å². The standard InChI is InChI=1S/C16H26N4O2S/c1-13(21)20-5-3-16(22,4-6-20)14-12-23-15(17-14)11-19-9-7-18(2)8-10-19/h12,22H,3-11H2,1-2H3. The Morgan fingerprint density at radius 1 is 1.26 bits per heavy atom. The topological polar surface area (TPSA) is 59.9 Å². The quantitative estimate of drug-likeness (QED) is 0.880. The van der Waals surface area contributed by atoms with Crippen LogP contribution in [0, 0.1) is 0 Å². The van der Waals surface area contributed by atoms with E-state index in [1.54, 1.807) is 23.2 Å². The van der Waals surface area contributed by atoms with Crippen LogP contribution in [0.3, 0.4) is 0 Å². The second-order valence-electron chi connectivity index (χ2n) is 6.74. The number of rotatable bonds is 3. The van der Waals surface area contributed by atoms with Gasteiger partial charge in [0.25, 0.3) is 0 Å². The molecule has 6 nitrogen and oxygen atoms in total. The van der Waals surface area contributed by atoms with E-state index in [0.29, 0.717) is 25.9 Å². The summed E-state index contributed by atoms with van der Waals surface area (Å²) in [5.74, 6) is 0.0843. The normalized spacial score (nSPS) is 23.2. The molecule has 1 aromatic rings. The molecule has 3 heterocycles. The fourth-order valence-electron chi connectivity index (χ4n) is 3.24. The van der Waals surface area contributed by atoms with Crippen LogP contribution in [0.4, 0.5) is 0 Å². The van der Waals surface area contributed by atoms with E-state index in [4.69, 9.17) is 4.98 Å². The van der Waals surface area contributed by atoms with Crippen molar-refractivity contribution in [2.24, 2.45) is 0 Å². The molecule has 2 saturated heterocycles. The second kappa shape index (κ2) is 6.84. The van der Waals surface area contributed by atoms with Gasteiger partial charge in [-0.1, -0.05) is 0 Å². The highest BCUT2D eigenvalue weighted by molar-refractivity contribution is 7.09. The summed E-state index contributed by atoms with van der Waals surface area (Å²) in [6, 6.07) is 0. The van der Waals surface area contributed by atoms with Crippen molar-refractivity contribution in [3.05, 3.63) is 16.1 Å². The molecule has 0 aromatic carbocycles. The van der Waals surface area contributed by atoms with Crippen LogP contribution in [-0.4, -0.2) is 77.0 Å². The maximum Gasteiger partial charge on any atom is 0.219 e. The Bertz CT molecular complexity index is 546. The molecule has 0 unspecified atom stereocenters. The molecule has 1 aromatic heterocycles. The van der Waals surface area contributed by atoms with E-state index >= 15 is 0 Å². The number of carbonyl (C=O) groups is 1. The van der Waals surface area contributed by atoms with E-state index in [1.807, 2.05) is 5.38 Å². The number of aliphatic hydroxyl groups is 1. The number of carbonyl (C=O) groups excluding carboxylic acids is 1. The monoisotopic (exact) mass is 338 g/mol. The average Bonchev–Trinajstić information content (AvgIpc) is 2.99. The maximum absolute atomic E-state index is 11.4. The van der Waals surface area contributed by atoms with Gasteiger partial charge in [-0.05, 0) is 19.9 Å². The predicted octanol–water partition coefficient (Wildman–Crippen LogP) is 0.720. The summed E-state index contributed by atoms with van der Waals surface area (Å²) in [4.78, 5) is 22.7. The minimum absolute atomic E-state index is 0.0843. The molecule has 3 rings (SSSR count). The molecule has 2 aliphatic heterocycles. The maximum atomic E-state index is 11.4. The summed E-state index contributed by atoms with van der Waals surface area (Å²) >= 11 is 1.64. The van der Waals surface area contributed by atoms with Crippen molar-refractivity contribution in [2.45, 2.75) is 31.9 Å². The Balaban J connectivity index is 1.59. The van der Waals surface area contributed by atoms with Gasteiger partial charge in [0.15, 0.2) is 0 Å². The zero-order chi connectivity index (χ0) is 16.4. The number of piperidine rings is 1. The summed E-state index contributed by atoms with van der Waals surface area (Å²) in [6.45, 7) is 8.02. The Kier molecular flexibility index (Phi) is 5.01. The molecule has 2 aliphatic rings. The number of hydrogen-bond acceptors (Lipinski definition) is 6. The van der Waals surface area contributed by atoms with Crippen LogP contribution in [0.25, 0.3) is 0 Å². The van der Waals surface area contributed by atoms with Crippen molar-refractivity contribution in [3.63, 3.8) is 0 Å². The van der Waals surface area contributed by atoms with Gasteiger partial charge in [0.2, 0.25) is 5.91 Å². The first-order valence-electron chi connectivity index (χ1n) is 8.30. The lowest BCUT2D eigenvalue weighted by Crippen LogP contribution is -2.44. The highest BCUT2D eigenvalue weighted by atomic mass is 32.1. The van der Waals surface area contributed by atoms with Crippen molar-refractivity contribution < 1.29 is 9.90 Å². The predicted molar refractivity (Wildman–Crippen MR) is 90.3 cm³/mol. The van der Waals surface area contributed by atoms with E-state index in [0.717, 1.165) is 43.4 Å². The molecule has 23 heavy (non-hydrogen) atoms. The molecular weight excluding hydrogens is 312 g/mol. The molecule has 0 atom stereocenters. The summed E-state index contributed by atoms with van der Waals surface area (Å²) in [7, 11) is 2.15. The number of likely N-dealkylation sites (tertiary alicyclic amines) is 1. The number of hydrogen-bond donors (Lipinski definition) is 1. The van der Waals surface area contributed by atoms with E-state index in [2.05, 4.69) is 16.8 Å². The molecule has 0 bridgehead atoms. The molecule has 0 aliphatic carbocycles. The first-order valence-corrected chi connectivity index (χ1v) is 9.18. The van der Waals surface area contributed by atoms with Crippen molar-refractivity contribution in [1.29, 1.82) is 0 Å². The highest BCUT2D eigenvalue weighted by Gasteiger charge is 2.36. The third kappa shape index (κ3) is 3.91. The fraction of sp³-hybridized carbons (Fsp3) is 0.750. The summed E-state index contributed by atoms with van der Waals surface area (Å²) in [6.07, 6.45) is 1.15. The van der Waals surface area contributed by atoms with Crippen LogP contribution < -0.4 is 0 Å². The van der Waals surface area contributed by atoms with Gasteiger partial charge in [0.05, 0.1) is 12.2 Å². The zero-order valence-electron chi connectivity index (χ0n) is 14.0. The van der Waals surface area contributed by atoms with E-state index < -0.39 is 5.60 Å². The van der Waals surface area contributed by atoms with Crippen molar-refractivity contribution in [3.8, 4) is 0 Å². The second-order valence-corrected chi connectivity index (χ2v) is 7.69. The number of amides is 1. The number of piperazine rings is 1. The minimum atomic E-state index is -0.872. The summed E-state index contributed by atoms with van der Waals surface area (Å²) in [5.41, 5.74) is -0.0853. The smallest absolute Gasteiger partial charge is 0.219 e. The number of nitrogens with zero attached hydrogens (tertiary/aromatic N) is 4. The molecule has 1 amide bonds. The number of likely N-dealkylation sites (N-methyl/N-ethyl adjacent to an activating group) is 1. The lowest BCUT2D eigenvalue weighted by atomic mass is 9.89. The average molecular weight is 338 g/mol. The SMILES string of the molecule is CC(=O)N1CCC(O)(c2csc(CN3CCN(C)CC3)n2)CC1. The van der Waals surface area contributed by atoms with E-state index in [9.17, 15) is 9.90 Å². The van der Waals surface area contributed by atoms with E-state index in [-0.39, 0.29) is 5.91 Å². The molecular formula is C16H26N4O2S. The molecule has 128 valence electrons. The minimum Gasteiger partial charge on any atom is -0.383 e. The number of aromatic nitrogens is 1. The lowest BCUT2D eigenvalue weighted by Gasteiger charge is -2.36. The van der Waals surface area contributed by atoms with E-state index in [1.165, 1.54) is 0 Å². The van der Waals surface area contributed by atoms with Gasteiger partial charge in [-0.15, -0.1) is 11.3 Å². The Hall–Kier alpha value is -1.02. The molecule has 1 N–H and O–H groups in total. The first-order chi connectivity index (χ1) is 11.0. The largest absolute Gasteiger partial charge is 0.383 e. The van der Waals surface area contributed by atoms with Crippen LogP contribution in [0.2, 0.25) is 0 Å². The summed E-state index contributed by atoms with van der Waals surface area (Å²) in [5, 5.41) is 14.0. The first kappa shape index (κ1) is 16.8. The Morgan fingerprint density at radius 2 is 1.91 bits per heavy atom. The molecule has 0 radical (unpaired) electrons. The van der Waals surface area contributed by atoms with Crippen molar-refractivity contribution >= 4 is 17.2 Å². The molecule has 0 saturated carbocycles. The fourth-order valence-corrected chi connectivity index (χ4v) is 4.17. The summed E-state index contributed by atoms with van der Waals surface area (Å²) < 4.78 is 0. The van der Waals surface area contributed by atoms with Crippen molar-refractivity contribution in [1.82, 2.24) is 19.7 Å². The highest BCUT2D eigenvalue weighted by Crippen LogP contribution is 2.33. The molecule has 0 spiro atoms. The Morgan fingerprint density at radius 3 is 2.52 bits per heavy atom. The van der Waals surface area contributed by atoms with Gasteiger partial charge in [-0.2, -0.15) is 0 Å². The lowest BCUT2D eigenvalue weighted by molar-refractivity contribution is -0.133. The van der Waals surface area contributed by atoms with Crippen LogP contribution in [0.5, 0.6) is 0 Å². The zero-order valence-corrected chi connectivity index (χ0v) is 14.8. The van der Waals surface area contributed by atoms with Crippen LogP contribution in [0.15, 0.2) is 5.38 Å².